The first kappa shape index (κ1) is 18.8. The van der Waals surface area contributed by atoms with Crippen molar-refractivity contribution in [3.63, 3.8) is 0 Å². The second-order valence-corrected chi connectivity index (χ2v) is 6.39. The van der Waals surface area contributed by atoms with Gasteiger partial charge in [-0.15, -0.1) is 0 Å². The van der Waals surface area contributed by atoms with Gasteiger partial charge in [0.05, 0.1) is 7.11 Å². The summed E-state index contributed by atoms with van der Waals surface area (Å²) in [4.78, 5) is 27.5. The van der Waals surface area contributed by atoms with Gasteiger partial charge in [-0.3, -0.25) is 4.79 Å². The van der Waals surface area contributed by atoms with Crippen molar-refractivity contribution in [2.24, 2.45) is 0 Å². The summed E-state index contributed by atoms with van der Waals surface area (Å²) in [7, 11) is 1.29. The summed E-state index contributed by atoms with van der Waals surface area (Å²) >= 11 is 5.81. The Morgan fingerprint density at radius 3 is 2.63 bits per heavy atom. The first-order chi connectivity index (χ1) is 13.1. The highest BCUT2D eigenvalue weighted by molar-refractivity contribution is 6.30. The van der Waals surface area contributed by atoms with Gasteiger partial charge in [0, 0.05) is 28.5 Å². The number of hydrogen-bond acceptors (Lipinski definition) is 4. The van der Waals surface area contributed by atoms with Crippen molar-refractivity contribution in [3.05, 3.63) is 65.3 Å². The Labute approximate surface area is 161 Å². The van der Waals surface area contributed by atoms with E-state index in [2.05, 4.69) is 10.3 Å². The quantitative estimate of drug-likeness (QED) is 0.611. The predicted octanol–water partition coefficient (Wildman–Crippen LogP) is 3.10. The minimum Gasteiger partial charge on any atom is -0.484 e. The molecule has 1 heterocycles. The molecule has 140 valence electrons. The number of hydrogen-bond donors (Lipinski definition) is 2. The van der Waals surface area contributed by atoms with E-state index >= 15 is 0 Å². The van der Waals surface area contributed by atoms with E-state index in [0.29, 0.717) is 17.2 Å². The molecule has 2 aromatic carbocycles. The van der Waals surface area contributed by atoms with E-state index < -0.39 is 17.9 Å². The fourth-order valence-electron chi connectivity index (χ4n) is 2.77. The number of aromatic amines is 1. The molecule has 3 rings (SSSR count). The van der Waals surface area contributed by atoms with Crippen LogP contribution in [0.5, 0.6) is 5.75 Å². The van der Waals surface area contributed by atoms with Gasteiger partial charge in [0.2, 0.25) is 0 Å². The molecule has 0 spiro atoms. The van der Waals surface area contributed by atoms with Crippen LogP contribution in [0, 0.1) is 0 Å². The number of esters is 1. The van der Waals surface area contributed by atoms with Crippen LogP contribution in [0.4, 0.5) is 0 Å². The smallest absolute Gasteiger partial charge is 0.328 e. The summed E-state index contributed by atoms with van der Waals surface area (Å²) in [5.74, 6) is -0.416. The van der Waals surface area contributed by atoms with Gasteiger partial charge in [-0.2, -0.15) is 0 Å². The first-order valence-electron chi connectivity index (χ1n) is 8.37. The summed E-state index contributed by atoms with van der Waals surface area (Å²) in [5.41, 5.74) is 1.88. The lowest BCUT2D eigenvalue weighted by molar-refractivity contribution is -0.145. The van der Waals surface area contributed by atoms with E-state index in [-0.39, 0.29) is 6.61 Å². The average molecular weight is 387 g/mol. The molecule has 1 amide bonds. The summed E-state index contributed by atoms with van der Waals surface area (Å²) in [6, 6.07) is 13.6. The Morgan fingerprint density at radius 2 is 1.89 bits per heavy atom. The molecule has 3 aromatic rings. The van der Waals surface area contributed by atoms with E-state index in [1.165, 1.54) is 7.11 Å². The number of aromatic nitrogens is 1. The van der Waals surface area contributed by atoms with E-state index in [0.717, 1.165) is 16.5 Å². The van der Waals surface area contributed by atoms with E-state index in [4.69, 9.17) is 21.1 Å². The molecule has 6 nitrogen and oxygen atoms in total. The zero-order valence-corrected chi connectivity index (χ0v) is 15.5. The third-order valence-electron chi connectivity index (χ3n) is 4.10. The first-order valence-corrected chi connectivity index (χ1v) is 8.75. The van der Waals surface area contributed by atoms with Crippen molar-refractivity contribution in [2.75, 3.05) is 13.7 Å². The molecule has 2 N–H and O–H groups in total. The number of rotatable bonds is 7. The molecule has 27 heavy (non-hydrogen) atoms. The molecule has 1 atom stereocenters. The Bertz CT molecular complexity index is 937. The summed E-state index contributed by atoms with van der Waals surface area (Å²) in [6.45, 7) is -0.219. The Kier molecular flexibility index (Phi) is 5.98. The third kappa shape index (κ3) is 4.80. The molecule has 0 bridgehead atoms. The SMILES string of the molecule is COC(=O)[C@@H](Cc1c[nH]c2ccccc12)NC(=O)COc1ccc(Cl)cc1. The molecule has 0 saturated carbocycles. The van der Waals surface area contributed by atoms with Gasteiger partial charge in [-0.05, 0) is 35.9 Å². The van der Waals surface area contributed by atoms with Gasteiger partial charge < -0.3 is 19.8 Å². The van der Waals surface area contributed by atoms with E-state index in [9.17, 15) is 9.59 Å². The molecule has 0 fully saturated rings. The number of benzene rings is 2. The number of H-pyrrole nitrogens is 1. The minimum absolute atomic E-state index is 0.219. The molecule has 0 aliphatic carbocycles. The number of fused-ring (bicyclic) bond motifs is 1. The van der Waals surface area contributed by atoms with Gasteiger partial charge in [0.1, 0.15) is 11.8 Å². The highest BCUT2D eigenvalue weighted by Crippen LogP contribution is 2.19. The zero-order chi connectivity index (χ0) is 19.2. The second-order valence-electron chi connectivity index (χ2n) is 5.95. The molecule has 0 aliphatic rings. The molecule has 1 aromatic heterocycles. The van der Waals surface area contributed by atoms with Crippen LogP contribution in [0.2, 0.25) is 5.02 Å². The lowest BCUT2D eigenvalue weighted by Gasteiger charge is -2.16. The number of ether oxygens (including phenoxy) is 2. The van der Waals surface area contributed by atoms with Crippen LogP contribution < -0.4 is 10.1 Å². The van der Waals surface area contributed by atoms with Crippen LogP contribution in [0.25, 0.3) is 10.9 Å². The highest BCUT2D eigenvalue weighted by Gasteiger charge is 2.23. The van der Waals surface area contributed by atoms with E-state index in [1.54, 1.807) is 24.3 Å². The Hall–Kier alpha value is -2.99. The number of carbonyl (C=O) groups excluding carboxylic acids is 2. The zero-order valence-electron chi connectivity index (χ0n) is 14.7. The third-order valence-corrected chi connectivity index (χ3v) is 4.36. The Balaban J connectivity index is 1.65. The van der Waals surface area contributed by atoms with Crippen LogP contribution in [0.3, 0.4) is 0 Å². The van der Waals surface area contributed by atoms with Gasteiger partial charge in [-0.25, -0.2) is 4.79 Å². The van der Waals surface area contributed by atoms with Gasteiger partial charge >= 0.3 is 5.97 Å². The predicted molar refractivity (Wildman–Crippen MR) is 103 cm³/mol. The van der Waals surface area contributed by atoms with Crippen LogP contribution >= 0.6 is 11.6 Å². The molecule has 0 saturated heterocycles. The molecular formula is C20H19ClN2O4. The fraction of sp³-hybridized carbons (Fsp3) is 0.200. The number of carbonyl (C=O) groups is 2. The summed E-state index contributed by atoms with van der Waals surface area (Å²) in [6.07, 6.45) is 2.14. The van der Waals surface area contributed by atoms with E-state index in [1.807, 2.05) is 30.5 Å². The number of para-hydroxylation sites is 1. The highest BCUT2D eigenvalue weighted by atomic mass is 35.5. The van der Waals surface area contributed by atoms with Crippen molar-refractivity contribution < 1.29 is 19.1 Å². The minimum atomic E-state index is -0.810. The molecule has 7 heteroatoms. The van der Waals surface area contributed by atoms with Crippen LogP contribution in [-0.4, -0.2) is 36.6 Å². The standard InChI is InChI=1S/C20H19ClN2O4/c1-26-20(25)18(10-13-11-22-17-5-3-2-4-16(13)17)23-19(24)12-27-15-8-6-14(21)7-9-15/h2-9,11,18,22H,10,12H2,1H3,(H,23,24)/t18-/m1/s1. The van der Waals surface area contributed by atoms with Crippen LogP contribution in [0.1, 0.15) is 5.56 Å². The van der Waals surface area contributed by atoms with Crippen molar-refractivity contribution in [1.29, 1.82) is 0 Å². The van der Waals surface area contributed by atoms with Crippen molar-refractivity contribution in [1.82, 2.24) is 10.3 Å². The van der Waals surface area contributed by atoms with Crippen molar-refractivity contribution in [3.8, 4) is 5.75 Å². The summed E-state index contributed by atoms with van der Waals surface area (Å²) < 4.78 is 10.2. The lowest BCUT2D eigenvalue weighted by Crippen LogP contribution is -2.44. The van der Waals surface area contributed by atoms with Crippen molar-refractivity contribution in [2.45, 2.75) is 12.5 Å². The summed E-state index contributed by atoms with van der Waals surface area (Å²) in [5, 5.41) is 4.25. The van der Waals surface area contributed by atoms with Gasteiger partial charge in [-0.1, -0.05) is 29.8 Å². The number of amides is 1. The van der Waals surface area contributed by atoms with Crippen molar-refractivity contribution >= 4 is 34.4 Å². The second kappa shape index (κ2) is 8.60. The number of nitrogens with one attached hydrogen (secondary N) is 2. The lowest BCUT2D eigenvalue weighted by atomic mass is 10.0. The molecule has 0 radical (unpaired) electrons. The number of methoxy groups -OCH3 is 1. The molecular weight excluding hydrogens is 368 g/mol. The van der Waals surface area contributed by atoms with Gasteiger partial charge in [0.15, 0.2) is 6.61 Å². The molecule has 0 unspecified atom stereocenters. The Morgan fingerprint density at radius 1 is 1.15 bits per heavy atom. The monoisotopic (exact) mass is 386 g/mol. The maximum atomic E-state index is 12.2. The topological polar surface area (TPSA) is 80.4 Å². The van der Waals surface area contributed by atoms with Crippen LogP contribution in [0.15, 0.2) is 54.7 Å². The molecule has 0 aliphatic heterocycles. The fourth-order valence-corrected chi connectivity index (χ4v) is 2.90. The average Bonchev–Trinajstić information content (AvgIpc) is 3.09. The normalized spacial score (nSPS) is 11.8. The largest absolute Gasteiger partial charge is 0.484 e. The maximum absolute atomic E-state index is 12.2. The van der Waals surface area contributed by atoms with Crippen LogP contribution in [-0.2, 0) is 20.7 Å². The van der Waals surface area contributed by atoms with Gasteiger partial charge in [0.25, 0.3) is 5.91 Å². The number of halogens is 1. The maximum Gasteiger partial charge on any atom is 0.328 e.